The third-order valence-electron chi connectivity index (χ3n) is 4.45. The zero-order valence-corrected chi connectivity index (χ0v) is 15.2. The van der Waals surface area contributed by atoms with Gasteiger partial charge in [0.05, 0.1) is 0 Å². The monoisotopic (exact) mass is 358 g/mol. The number of hydrogen-bond donors (Lipinski definition) is 1. The van der Waals surface area contributed by atoms with Gasteiger partial charge >= 0.3 is 0 Å². The molecule has 1 aliphatic heterocycles. The summed E-state index contributed by atoms with van der Waals surface area (Å²) < 4.78 is 7.64. The van der Waals surface area contributed by atoms with E-state index in [9.17, 15) is 4.79 Å². The maximum absolute atomic E-state index is 12.0. The molecule has 2 heterocycles. The lowest BCUT2D eigenvalue weighted by atomic mass is 10.1. The number of unbranched alkanes of at least 4 members (excludes halogenated alkanes) is 1. The van der Waals surface area contributed by atoms with Gasteiger partial charge in [0, 0.05) is 31.7 Å². The fourth-order valence-electron chi connectivity index (χ4n) is 3.12. The van der Waals surface area contributed by atoms with Gasteiger partial charge in [-0.3, -0.25) is 9.69 Å². The molecule has 0 bridgehead atoms. The van der Waals surface area contributed by atoms with Crippen molar-refractivity contribution in [2.75, 3.05) is 19.6 Å². The van der Waals surface area contributed by atoms with Gasteiger partial charge in [-0.25, -0.2) is 4.68 Å². The molecular weight excluding hydrogens is 332 g/mol. The maximum atomic E-state index is 12.0. The summed E-state index contributed by atoms with van der Waals surface area (Å²) in [6, 6.07) is 8.22. The Morgan fingerprint density at radius 3 is 3.08 bits per heavy atom. The minimum atomic E-state index is -0.0914. The molecule has 0 aliphatic carbocycles. The Hall–Kier alpha value is -2.48. The molecule has 1 aromatic heterocycles. The number of aromatic nitrogens is 4. The average Bonchev–Trinajstić information content (AvgIpc) is 3.06. The van der Waals surface area contributed by atoms with E-state index in [1.807, 2.05) is 18.2 Å². The van der Waals surface area contributed by atoms with Crippen molar-refractivity contribution in [3.05, 3.63) is 36.2 Å². The minimum Gasteiger partial charge on any atom is -0.489 e. The van der Waals surface area contributed by atoms with Crippen molar-refractivity contribution in [3.8, 4) is 5.75 Å². The summed E-state index contributed by atoms with van der Waals surface area (Å²) in [4.78, 5) is 14.3. The second-order valence-corrected chi connectivity index (χ2v) is 6.58. The Labute approximate surface area is 153 Å². The highest BCUT2D eigenvalue weighted by atomic mass is 16.5. The molecule has 1 aromatic carbocycles. The topological polar surface area (TPSA) is 85.2 Å². The van der Waals surface area contributed by atoms with E-state index in [1.54, 1.807) is 0 Å². The average molecular weight is 358 g/mol. The summed E-state index contributed by atoms with van der Waals surface area (Å²) in [7, 11) is 0. The molecule has 0 radical (unpaired) electrons. The molecule has 8 nitrogen and oxygen atoms in total. The Balaban J connectivity index is 1.53. The van der Waals surface area contributed by atoms with Crippen LogP contribution in [-0.2, 0) is 17.9 Å². The summed E-state index contributed by atoms with van der Waals surface area (Å²) in [5.74, 6) is 0.894. The Kier molecular flexibility index (Phi) is 6.54. The Morgan fingerprint density at radius 2 is 2.27 bits per heavy atom. The molecule has 3 rings (SSSR count). The molecular formula is C18H26N6O2. The highest BCUT2D eigenvalue weighted by Gasteiger charge is 2.22. The van der Waals surface area contributed by atoms with Crippen LogP contribution in [0.5, 0.6) is 5.75 Å². The van der Waals surface area contributed by atoms with Crippen LogP contribution in [0.3, 0.4) is 0 Å². The van der Waals surface area contributed by atoms with Gasteiger partial charge < -0.3 is 10.1 Å². The normalized spacial score (nSPS) is 17.2. The van der Waals surface area contributed by atoms with Crippen molar-refractivity contribution in [2.24, 2.45) is 0 Å². The molecule has 1 N–H and O–H groups in total. The summed E-state index contributed by atoms with van der Waals surface area (Å²) in [5.41, 5.74) is 1.20. The molecule has 8 heteroatoms. The smallest absolute Gasteiger partial charge is 0.241 e. The van der Waals surface area contributed by atoms with E-state index in [1.165, 1.54) is 16.6 Å². The first-order chi connectivity index (χ1) is 12.7. The van der Waals surface area contributed by atoms with E-state index in [4.69, 9.17) is 4.74 Å². The molecule has 2 aromatic rings. The molecule has 140 valence electrons. The van der Waals surface area contributed by atoms with Gasteiger partial charge in [0.2, 0.25) is 5.91 Å². The molecule has 0 saturated carbocycles. The highest BCUT2D eigenvalue weighted by molar-refractivity contribution is 5.75. The number of fused-ring (bicyclic) bond motifs is 1. The number of amides is 1. The fraction of sp³-hybridized carbons (Fsp3) is 0.556. The fourth-order valence-corrected chi connectivity index (χ4v) is 3.12. The summed E-state index contributed by atoms with van der Waals surface area (Å²) in [6.07, 6.45) is 4.99. The number of rotatable bonds is 8. The zero-order chi connectivity index (χ0) is 18.2. The molecule has 1 amide bonds. The molecule has 1 atom stereocenters. The van der Waals surface area contributed by atoms with Crippen molar-refractivity contribution in [1.29, 1.82) is 0 Å². The summed E-state index contributed by atoms with van der Waals surface area (Å²) in [6.45, 7) is 5.41. The van der Waals surface area contributed by atoms with Crippen molar-refractivity contribution < 1.29 is 9.53 Å². The zero-order valence-electron chi connectivity index (χ0n) is 15.2. The van der Waals surface area contributed by atoms with Crippen molar-refractivity contribution in [2.45, 2.75) is 45.4 Å². The van der Waals surface area contributed by atoms with Gasteiger partial charge in [-0.05, 0) is 29.3 Å². The lowest BCUT2D eigenvalue weighted by molar-refractivity contribution is -0.121. The number of ether oxygens (including phenoxy) is 1. The molecule has 0 unspecified atom stereocenters. The van der Waals surface area contributed by atoms with E-state index in [-0.39, 0.29) is 18.6 Å². The number of nitrogens with one attached hydrogen (secondary N) is 1. The van der Waals surface area contributed by atoms with Gasteiger partial charge in [0.25, 0.3) is 0 Å². The summed E-state index contributed by atoms with van der Waals surface area (Å²) >= 11 is 0. The largest absolute Gasteiger partial charge is 0.489 e. The molecule has 0 saturated heterocycles. The van der Waals surface area contributed by atoms with E-state index in [0.29, 0.717) is 6.54 Å². The maximum Gasteiger partial charge on any atom is 0.241 e. The van der Waals surface area contributed by atoms with Crippen LogP contribution in [0.15, 0.2) is 30.6 Å². The van der Waals surface area contributed by atoms with Crippen LogP contribution in [0.1, 0.15) is 31.7 Å². The lowest BCUT2D eigenvalue weighted by Crippen LogP contribution is -2.39. The second kappa shape index (κ2) is 9.28. The molecule has 1 aliphatic rings. The first kappa shape index (κ1) is 18.3. The van der Waals surface area contributed by atoms with Crippen LogP contribution < -0.4 is 10.1 Å². The predicted octanol–water partition coefficient (Wildman–Crippen LogP) is 1.24. The van der Waals surface area contributed by atoms with Gasteiger partial charge in [-0.2, -0.15) is 0 Å². The number of carbonyl (C=O) groups is 1. The van der Waals surface area contributed by atoms with Crippen molar-refractivity contribution in [3.63, 3.8) is 0 Å². The van der Waals surface area contributed by atoms with Gasteiger partial charge in [-0.1, -0.05) is 31.5 Å². The van der Waals surface area contributed by atoms with E-state index in [2.05, 4.69) is 38.7 Å². The van der Waals surface area contributed by atoms with Gasteiger partial charge in [-0.15, -0.1) is 5.10 Å². The van der Waals surface area contributed by atoms with Crippen molar-refractivity contribution >= 4 is 5.91 Å². The standard InChI is InChI=1S/C18H26N6O2/c1-2-3-7-16-12-23(11-15-6-4-5-8-17(15)26-16)10-9-19-18(25)13-24-14-20-21-22-24/h4-6,8,14,16H,2-3,7,9-13H2,1H3,(H,19,25)/t16-/m0/s1. The summed E-state index contributed by atoms with van der Waals surface area (Å²) in [5, 5.41) is 13.7. The number of tetrazole rings is 1. The van der Waals surface area contributed by atoms with Crippen LogP contribution in [-0.4, -0.2) is 56.8 Å². The third kappa shape index (κ3) is 5.26. The Morgan fingerprint density at radius 1 is 1.38 bits per heavy atom. The minimum absolute atomic E-state index is 0.0914. The predicted molar refractivity (Wildman–Crippen MR) is 96.5 cm³/mol. The Bertz CT molecular complexity index is 691. The van der Waals surface area contributed by atoms with Crippen LogP contribution in [0, 0.1) is 0 Å². The van der Waals surface area contributed by atoms with Crippen molar-refractivity contribution in [1.82, 2.24) is 30.4 Å². The number of nitrogens with zero attached hydrogens (tertiary/aromatic N) is 5. The van der Waals surface area contributed by atoms with E-state index >= 15 is 0 Å². The molecule has 0 spiro atoms. The highest BCUT2D eigenvalue weighted by Crippen LogP contribution is 2.26. The first-order valence-electron chi connectivity index (χ1n) is 9.19. The number of hydrogen-bond acceptors (Lipinski definition) is 6. The first-order valence-corrected chi connectivity index (χ1v) is 9.19. The molecule has 26 heavy (non-hydrogen) atoms. The lowest BCUT2D eigenvalue weighted by Gasteiger charge is -2.24. The quantitative estimate of drug-likeness (QED) is 0.764. The van der Waals surface area contributed by atoms with Crippen LogP contribution in [0.2, 0.25) is 0 Å². The van der Waals surface area contributed by atoms with Crippen LogP contribution in [0.4, 0.5) is 0 Å². The van der Waals surface area contributed by atoms with E-state index in [0.717, 1.165) is 44.6 Å². The van der Waals surface area contributed by atoms with Crippen LogP contribution in [0.25, 0.3) is 0 Å². The second-order valence-electron chi connectivity index (χ2n) is 6.58. The number of carbonyl (C=O) groups excluding carboxylic acids is 1. The van der Waals surface area contributed by atoms with Gasteiger partial charge in [0.15, 0.2) is 0 Å². The molecule has 0 fully saturated rings. The number of para-hydroxylation sites is 1. The number of benzene rings is 1. The van der Waals surface area contributed by atoms with E-state index < -0.39 is 0 Å². The SMILES string of the molecule is CCCC[C@H]1CN(CCNC(=O)Cn2cnnn2)Cc2ccccc2O1. The third-order valence-corrected chi connectivity index (χ3v) is 4.45. The van der Waals surface area contributed by atoms with Gasteiger partial charge in [0.1, 0.15) is 24.7 Å². The van der Waals surface area contributed by atoms with Crippen LogP contribution >= 0.6 is 0 Å².